The maximum Gasteiger partial charge on any atom is 0.281 e. The van der Waals surface area contributed by atoms with Crippen LogP contribution in [0.1, 0.15) is 15.4 Å². The number of carbonyl (C=O) groups excluding carboxylic acids is 2. The molecule has 0 unspecified atom stereocenters. The number of benzene rings is 1. The van der Waals surface area contributed by atoms with Gasteiger partial charge in [-0.05, 0) is 6.92 Å². The van der Waals surface area contributed by atoms with Gasteiger partial charge in [-0.1, -0.05) is 30.3 Å². The van der Waals surface area contributed by atoms with Crippen LogP contribution in [0.3, 0.4) is 0 Å². The van der Waals surface area contributed by atoms with E-state index in [9.17, 15) is 9.59 Å². The normalized spacial score (nSPS) is 10.2. The maximum absolute atomic E-state index is 12.0. The van der Waals surface area contributed by atoms with Gasteiger partial charge in [0.15, 0.2) is 0 Å². The van der Waals surface area contributed by atoms with Crippen LogP contribution in [0, 0.1) is 6.92 Å². The van der Waals surface area contributed by atoms with Crippen molar-refractivity contribution in [2.75, 3.05) is 13.7 Å². The van der Waals surface area contributed by atoms with Crippen molar-refractivity contribution in [1.29, 1.82) is 0 Å². The summed E-state index contributed by atoms with van der Waals surface area (Å²) in [6.45, 7) is 1.64. The third kappa shape index (κ3) is 3.87. The Balaban J connectivity index is 2.09. The molecule has 2 aromatic rings. The number of hydrogen-bond donors (Lipinski definition) is 2. The molecule has 0 fully saturated rings. The number of methoxy groups -OCH3 is 1. The van der Waals surface area contributed by atoms with E-state index in [0.717, 1.165) is 10.6 Å². The van der Waals surface area contributed by atoms with E-state index in [1.165, 1.54) is 18.4 Å². The van der Waals surface area contributed by atoms with Gasteiger partial charge in [0.1, 0.15) is 16.5 Å². The van der Waals surface area contributed by atoms with Crippen molar-refractivity contribution < 1.29 is 14.3 Å². The molecule has 0 atom stereocenters. The van der Waals surface area contributed by atoms with E-state index >= 15 is 0 Å². The summed E-state index contributed by atoms with van der Waals surface area (Å²) in [5.41, 5.74) is 6.19. The fraction of sp³-hybridized carbons (Fsp3) is 0.214. The van der Waals surface area contributed by atoms with E-state index in [4.69, 9.17) is 0 Å². The van der Waals surface area contributed by atoms with Crippen LogP contribution < -0.4 is 10.9 Å². The quantitative estimate of drug-likeness (QED) is 0.839. The molecule has 2 amide bonds. The SMILES string of the molecule is COCC(=O)NNC(=O)c1sc(-c2ccccc2)nc1C. The fourth-order valence-corrected chi connectivity index (χ4v) is 2.63. The van der Waals surface area contributed by atoms with Crippen LogP contribution in [0.15, 0.2) is 30.3 Å². The average molecular weight is 305 g/mol. The number of rotatable bonds is 4. The summed E-state index contributed by atoms with van der Waals surface area (Å²) in [6, 6.07) is 9.61. The van der Waals surface area contributed by atoms with E-state index in [1.54, 1.807) is 6.92 Å². The van der Waals surface area contributed by atoms with E-state index < -0.39 is 11.8 Å². The Labute approximate surface area is 126 Å². The number of aryl methyl sites for hydroxylation is 1. The van der Waals surface area contributed by atoms with Gasteiger partial charge in [-0.25, -0.2) is 4.98 Å². The first-order chi connectivity index (χ1) is 10.1. The zero-order valence-corrected chi connectivity index (χ0v) is 12.5. The zero-order chi connectivity index (χ0) is 15.2. The summed E-state index contributed by atoms with van der Waals surface area (Å²) in [5.74, 6) is -0.812. The smallest absolute Gasteiger partial charge is 0.281 e. The lowest BCUT2D eigenvalue weighted by Gasteiger charge is -2.05. The van der Waals surface area contributed by atoms with Crippen LogP contribution in [0.5, 0.6) is 0 Å². The van der Waals surface area contributed by atoms with Crippen molar-refractivity contribution in [3.05, 3.63) is 40.9 Å². The molecule has 0 aliphatic heterocycles. The molecule has 0 bridgehead atoms. The van der Waals surface area contributed by atoms with Crippen LogP contribution in [0.2, 0.25) is 0 Å². The molecule has 0 aliphatic rings. The first-order valence-electron chi connectivity index (χ1n) is 6.22. The predicted octanol–water partition coefficient (Wildman–Crippen LogP) is 1.53. The Kier molecular flexibility index (Phi) is 5.02. The first kappa shape index (κ1) is 15.1. The Bertz CT molecular complexity index is 640. The van der Waals surface area contributed by atoms with Crippen LogP contribution in [-0.4, -0.2) is 30.5 Å². The summed E-state index contributed by atoms with van der Waals surface area (Å²) in [5, 5.41) is 0.765. The first-order valence-corrected chi connectivity index (χ1v) is 7.04. The summed E-state index contributed by atoms with van der Waals surface area (Å²) in [7, 11) is 1.40. The molecule has 0 saturated heterocycles. The second-order valence-electron chi connectivity index (χ2n) is 4.23. The highest BCUT2D eigenvalue weighted by Gasteiger charge is 2.16. The van der Waals surface area contributed by atoms with Crippen molar-refractivity contribution >= 4 is 23.2 Å². The minimum Gasteiger partial charge on any atom is -0.375 e. The molecule has 1 aromatic heterocycles. The maximum atomic E-state index is 12.0. The average Bonchev–Trinajstić information content (AvgIpc) is 2.88. The molecule has 0 spiro atoms. The number of nitrogens with one attached hydrogen (secondary N) is 2. The molecule has 2 N–H and O–H groups in total. The highest BCUT2D eigenvalue weighted by molar-refractivity contribution is 7.17. The largest absolute Gasteiger partial charge is 0.375 e. The van der Waals surface area contributed by atoms with Crippen molar-refractivity contribution in [2.45, 2.75) is 6.92 Å². The molecule has 7 heteroatoms. The van der Waals surface area contributed by atoms with E-state index in [1.807, 2.05) is 30.3 Å². The fourth-order valence-electron chi connectivity index (χ4n) is 1.66. The molecule has 0 radical (unpaired) electrons. The summed E-state index contributed by atoms with van der Waals surface area (Å²) in [6.07, 6.45) is 0. The van der Waals surface area contributed by atoms with Crippen LogP contribution in [0.25, 0.3) is 10.6 Å². The summed E-state index contributed by atoms with van der Waals surface area (Å²) >= 11 is 1.28. The van der Waals surface area contributed by atoms with E-state index in [0.29, 0.717) is 10.6 Å². The zero-order valence-electron chi connectivity index (χ0n) is 11.7. The van der Waals surface area contributed by atoms with E-state index in [-0.39, 0.29) is 6.61 Å². The third-order valence-corrected chi connectivity index (χ3v) is 3.82. The van der Waals surface area contributed by atoms with Crippen molar-refractivity contribution in [3.63, 3.8) is 0 Å². The minimum absolute atomic E-state index is 0.114. The van der Waals surface area contributed by atoms with Crippen LogP contribution in [-0.2, 0) is 9.53 Å². The highest BCUT2D eigenvalue weighted by Crippen LogP contribution is 2.27. The number of carbonyl (C=O) groups is 2. The van der Waals surface area contributed by atoms with E-state index in [2.05, 4.69) is 20.6 Å². The highest BCUT2D eigenvalue weighted by atomic mass is 32.1. The summed E-state index contributed by atoms with van der Waals surface area (Å²) < 4.78 is 4.65. The number of hydrazine groups is 1. The Morgan fingerprint density at radius 3 is 2.62 bits per heavy atom. The van der Waals surface area contributed by atoms with Gasteiger partial charge < -0.3 is 4.74 Å². The van der Waals surface area contributed by atoms with Crippen LogP contribution >= 0.6 is 11.3 Å². The molecule has 21 heavy (non-hydrogen) atoms. The number of thiazole rings is 1. The second-order valence-corrected chi connectivity index (χ2v) is 5.23. The monoisotopic (exact) mass is 305 g/mol. The molecule has 0 saturated carbocycles. The topological polar surface area (TPSA) is 80.3 Å². The Morgan fingerprint density at radius 1 is 1.24 bits per heavy atom. The van der Waals surface area contributed by atoms with Gasteiger partial charge in [-0.15, -0.1) is 11.3 Å². The lowest BCUT2D eigenvalue weighted by molar-refractivity contribution is -0.125. The number of nitrogens with zero attached hydrogens (tertiary/aromatic N) is 1. The molecule has 1 aromatic carbocycles. The van der Waals surface area contributed by atoms with Gasteiger partial charge >= 0.3 is 0 Å². The molecule has 1 heterocycles. The molecule has 110 valence electrons. The lowest BCUT2D eigenvalue weighted by atomic mass is 10.2. The standard InChI is InChI=1S/C14H15N3O3S/c1-9-12(13(19)17-16-11(18)8-20-2)21-14(15-9)10-6-4-3-5-7-10/h3-7H,8H2,1-2H3,(H,16,18)(H,17,19). The van der Waals surface area contributed by atoms with Gasteiger partial charge in [0.25, 0.3) is 11.8 Å². The molecule has 2 rings (SSSR count). The Hall–Kier alpha value is -2.25. The van der Waals surface area contributed by atoms with Crippen molar-refractivity contribution in [3.8, 4) is 10.6 Å². The van der Waals surface area contributed by atoms with Gasteiger partial charge in [0.2, 0.25) is 0 Å². The van der Waals surface area contributed by atoms with Crippen molar-refractivity contribution in [1.82, 2.24) is 15.8 Å². The third-order valence-electron chi connectivity index (χ3n) is 2.61. The predicted molar refractivity (Wildman–Crippen MR) is 79.8 cm³/mol. The molecular formula is C14H15N3O3S. The van der Waals surface area contributed by atoms with Crippen molar-refractivity contribution in [2.24, 2.45) is 0 Å². The molecule has 6 nitrogen and oxygen atoms in total. The molecular weight excluding hydrogens is 290 g/mol. The van der Waals surface area contributed by atoms with Gasteiger partial charge in [-0.3, -0.25) is 20.4 Å². The van der Waals surface area contributed by atoms with Gasteiger partial charge in [-0.2, -0.15) is 0 Å². The summed E-state index contributed by atoms with van der Waals surface area (Å²) in [4.78, 5) is 28.1. The minimum atomic E-state index is -0.420. The number of amides is 2. The number of ether oxygens (including phenoxy) is 1. The molecule has 0 aliphatic carbocycles. The van der Waals surface area contributed by atoms with Gasteiger partial charge in [0.05, 0.1) is 5.69 Å². The second kappa shape index (κ2) is 6.96. The Morgan fingerprint density at radius 2 is 1.95 bits per heavy atom. The van der Waals surface area contributed by atoms with Crippen LogP contribution in [0.4, 0.5) is 0 Å². The number of hydrogen-bond acceptors (Lipinski definition) is 5. The lowest BCUT2D eigenvalue weighted by Crippen LogP contribution is -2.43. The number of aromatic nitrogens is 1. The van der Waals surface area contributed by atoms with Gasteiger partial charge in [0, 0.05) is 12.7 Å².